The van der Waals surface area contributed by atoms with Crippen LogP contribution in [-0.4, -0.2) is 19.6 Å². The summed E-state index contributed by atoms with van der Waals surface area (Å²) < 4.78 is 4.63. The summed E-state index contributed by atoms with van der Waals surface area (Å²) in [4.78, 5) is 11.2. The maximum atomic E-state index is 11.2. The van der Waals surface area contributed by atoms with E-state index in [0.29, 0.717) is 6.54 Å². The lowest BCUT2D eigenvalue weighted by Crippen LogP contribution is -2.18. The van der Waals surface area contributed by atoms with Gasteiger partial charge < -0.3 is 10.5 Å². The van der Waals surface area contributed by atoms with Gasteiger partial charge in [0, 0.05) is 11.5 Å². The van der Waals surface area contributed by atoms with E-state index in [1.54, 1.807) is 0 Å². The van der Waals surface area contributed by atoms with Crippen molar-refractivity contribution in [3.05, 3.63) is 35.4 Å². The molecular formula is C13H15NO2. The molecule has 0 fully saturated rings. The van der Waals surface area contributed by atoms with E-state index in [9.17, 15) is 4.79 Å². The van der Waals surface area contributed by atoms with Crippen molar-refractivity contribution in [1.29, 1.82) is 0 Å². The summed E-state index contributed by atoms with van der Waals surface area (Å²) in [6, 6.07) is 7.49. The third-order valence-electron chi connectivity index (χ3n) is 2.48. The quantitative estimate of drug-likeness (QED) is 0.610. The Morgan fingerprint density at radius 1 is 1.56 bits per heavy atom. The number of esters is 1. The molecular weight excluding hydrogens is 202 g/mol. The third kappa shape index (κ3) is 2.85. The van der Waals surface area contributed by atoms with Gasteiger partial charge in [0.25, 0.3) is 0 Å². The van der Waals surface area contributed by atoms with Crippen molar-refractivity contribution < 1.29 is 9.53 Å². The summed E-state index contributed by atoms with van der Waals surface area (Å²) in [5.41, 5.74) is 7.36. The Labute approximate surface area is 95.6 Å². The van der Waals surface area contributed by atoms with Gasteiger partial charge in [-0.05, 0) is 18.2 Å². The molecule has 0 amide bonds. The van der Waals surface area contributed by atoms with Crippen molar-refractivity contribution in [3.63, 3.8) is 0 Å². The van der Waals surface area contributed by atoms with Crippen molar-refractivity contribution in [3.8, 4) is 12.3 Å². The van der Waals surface area contributed by atoms with Crippen LogP contribution in [-0.2, 0) is 9.53 Å². The molecule has 0 saturated carbocycles. The minimum atomic E-state index is -0.276. The number of rotatable bonds is 4. The Morgan fingerprint density at radius 2 is 2.25 bits per heavy atom. The van der Waals surface area contributed by atoms with E-state index >= 15 is 0 Å². The van der Waals surface area contributed by atoms with Crippen molar-refractivity contribution in [2.45, 2.75) is 12.3 Å². The average molecular weight is 217 g/mol. The molecule has 3 heteroatoms. The van der Waals surface area contributed by atoms with Gasteiger partial charge in [-0.25, -0.2) is 0 Å². The van der Waals surface area contributed by atoms with Crippen LogP contribution in [0.4, 0.5) is 0 Å². The number of benzene rings is 1. The Morgan fingerprint density at radius 3 is 2.81 bits per heavy atom. The predicted molar refractivity (Wildman–Crippen MR) is 62.8 cm³/mol. The lowest BCUT2D eigenvalue weighted by Gasteiger charge is -2.15. The summed E-state index contributed by atoms with van der Waals surface area (Å²) in [7, 11) is 1.36. The first-order valence-corrected chi connectivity index (χ1v) is 5.05. The highest BCUT2D eigenvalue weighted by Gasteiger charge is 2.17. The molecule has 0 spiro atoms. The lowest BCUT2D eigenvalue weighted by atomic mass is 9.92. The van der Waals surface area contributed by atoms with Crippen LogP contribution < -0.4 is 5.73 Å². The second-order valence-corrected chi connectivity index (χ2v) is 3.44. The zero-order valence-electron chi connectivity index (χ0n) is 9.27. The molecule has 1 unspecified atom stereocenters. The Bertz CT molecular complexity index is 407. The lowest BCUT2D eigenvalue weighted by molar-refractivity contribution is -0.141. The molecule has 1 aromatic rings. The van der Waals surface area contributed by atoms with Gasteiger partial charge in [-0.2, -0.15) is 0 Å². The highest BCUT2D eigenvalue weighted by Crippen LogP contribution is 2.22. The van der Waals surface area contributed by atoms with Gasteiger partial charge in [0.1, 0.15) is 0 Å². The Kier molecular flexibility index (Phi) is 4.56. The monoisotopic (exact) mass is 217 g/mol. The molecule has 0 bridgehead atoms. The van der Waals surface area contributed by atoms with Crippen LogP contribution in [0.25, 0.3) is 0 Å². The molecule has 0 aliphatic heterocycles. The number of terminal acetylenes is 1. The largest absolute Gasteiger partial charge is 0.469 e. The van der Waals surface area contributed by atoms with Gasteiger partial charge >= 0.3 is 5.97 Å². The molecule has 0 aromatic heterocycles. The van der Waals surface area contributed by atoms with Crippen molar-refractivity contribution >= 4 is 5.97 Å². The SMILES string of the molecule is C#Cc1ccccc1C(CN)CC(=O)OC. The van der Waals surface area contributed by atoms with Gasteiger partial charge in [-0.15, -0.1) is 6.42 Å². The number of carbonyl (C=O) groups excluding carboxylic acids is 1. The maximum Gasteiger partial charge on any atom is 0.306 e. The summed E-state index contributed by atoms with van der Waals surface area (Å²) in [5.74, 6) is 2.23. The molecule has 2 N–H and O–H groups in total. The second-order valence-electron chi connectivity index (χ2n) is 3.44. The van der Waals surface area contributed by atoms with Gasteiger partial charge in [0.15, 0.2) is 0 Å². The number of ether oxygens (including phenoxy) is 1. The molecule has 3 nitrogen and oxygen atoms in total. The molecule has 0 saturated heterocycles. The van der Waals surface area contributed by atoms with Crippen molar-refractivity contribution in [2.24, 2.45) is 5.73 Å². The van der Waals surface area contributed by atoms with E-state index in [2.05, 4.69) is 10.7 Å². The molecule has 84 valence electrons. The first-order chi connectivity index (χ1) is 7.72. The summed E-state index contributed by atoms with van der Waals surface area (Å²) in [6.45, 7) is 0.369. The van der Waals surface area contributed by atoms with E-state index in [1.807, 2.05) is 24.3 Å². The molecule has 0 aliphatic rings. The fraction of sp³-hybridized carbons (Fsp3) is 0.308. The van der Waals surface area contributed by atoms with E-state index in [1.165, 1.54) is 7.11 Å². The minimum absolute atomic E-state index is 0.0836. The van der Waals surface area contributed by atoms with Crippen molar-refractivity contribution in [2.75, 3.05) is 13.7 Å². The third-order valence-corrected chi connectivity index (χ3v) is 2.48. The van der Waals surface area contributed by atoms with Gasteiger partial charge in [0.05, 0.1) is 13.5 Å². The fourth-order valence-electron chi connectivity index (χ4n) is 1.59. The number of methoxy groups -OCH3 is 1. The zero-order valence-corrected chi connectivity index (χ0v) is 9.27. The molecule has 0 radical (unpaired) electrons. The van der Waals surface area contributed by atoms with Gasteiger partial charge in [-0.1, -0.05) is 24.1 Å². The fourth-order valence-corrected chi connectivity index (χ4v) is 1.59. The van der Waals surface area contributed by atoms with E-state index in [-0.39, 0.29) is 18.3 Å². The first kappa shape index (κ1) is 12.3. The van der Waals surface area contributed by atoms with Crippen LogP contribution >= 0.6 is 0 Å². The normalized spacial score (nSPS) is 11.6. The molecule has 0 heterocycles. The highest BCUT2D eigenvalue weighted by molar-refractivity contribution is 5.70. The maximum absolute atomic E-state index is 11.2. The molecule has 1 aromatic carbocycles. The van der Waals surface area contributed by atoms with Crippen LogP contribution in [0.5, 0.6) is 0 Å². The standard InChI is InChI=1S/C13H15NO2/c1-3-10-6-4-5-7-12(10)11(9-14)8-13(15)16-2/h1,4-7,11H,8-9,14H2,2H3. The van der Waals surface area contributed by atoms with Crippen LogP contribution in [0.1, 0.15) is 23.5 Å². The van der Waals surface area contributed by atoms with E-state index in [4.69, 9.17) is 12.2 Å². The minimum Gasteiger partial charge on any atom is -0.469 e. The molecule has 1 atom stereocenters. The topological polar surface area (TPSA) is 52.3 Å². The number of nitrogens with two attached hydrogens (primary N) is 1. The van der Waals surface area contributed by atoms with Crippen molar-refractivity contribution in [1.82, 2.24) is 0 Å². The Hall–Kier alpha value is -1.79. The summed E-state index contributed by atoms with van der Waals surface area (Å²) in [6.07, 6.45) is 5.66. The summed E-state index contributed by atoms with van der Waals surface area (Å²) >= 11 is 0. The van der Waals surface area contributed by atoms with Gasteiger partial charge in [-0.3, -0.25) is 4.79 Å². The zero-order chi connectivity index (χ0) is 12.0. The van der Waals surface area contributed by atoms with Crippen LogP contribution in [0.2, 0.25) is 0 Å². The Balaban J connectivity index is 2.95. The molecule has 0 aliphatic carbocycles. The first-order valence-electron chi connectivity index (χ1n) is 5.05. The number of hydrogen-bond acceptors (Lipinski definition) is 3. The number of carbonyl (C=O) groups is 1. The number of hydrogen-bond donors (Lipinski definition) is 1. The highest BCUT2D eigenvalue weighted by atomic mass is 16.5. The van der Waals surface area contributed by atoms with Crippen LogP contribution in [0.3, 0.4) is 0 Å². The average Bonchev–Trinajstić information content (AvgIpc) is 2.35. The molecule has 1 rings (SSSR count). The van der Waals surface area contributed by atoms with Gasteiger partial charge in [0.2, 0.25) is 0 Å². The molecule has 16 heavy (non-hydrogen) atoms. The van der Waals surface area contributed by atoms with Crippen LogP contribution in [0.15, 0.2) is 24.3 Å². The van der Waals surface area contributed by atoms with Crippen LogP contribution in [0, 0.1) is 12.3 Å². The predicted octanol–water partition coefficient (Wildman–Crippen LogP) is 1.27. The summed E-state index contributed by atoms with van der Waals surface area (Å²) in [5, 5.41) is 0. The van der Waals surface area contributed by atoms with E-state index < -0.39 is 0 Å². The second kappa shape index (κ2) is 5.94. The smallest absolute Gasteiger partial charge is 0.306 e. The van der Waals surface area contributed by atoms with E-state index in [0.717, 1.165) is 11.1 Å².